The molecule has 0 fully saturated rings. The van der Waals surface area contributed by atoms with Crippen LogP contribution in [0, 0.1) is 0 Å². The first-order chi connectivity index (χ1) is 17.1. The van der Waals surface area contributed by atoms with Crippen molar-refractivity contribution >= 4 is 28.7 Å². The second kappa shape index (κ2) is 9.99. The maximum Gasteiger partial charge on any atom is 0.228 e. The SMILES string of the molecule is CCOc1ccc(-c2cc3c(-c4ccc(NC(=O)Cc5ccc(Cl)cc5)cc4)ncnn3c2)cc1. The molecule has 0 atom stereocenters. The van der Waals surface area contributed by atoms with Gasteiger partial charge >= 0.3 is 0 Å². The number of nitrogens with one attached hydrogen (secondary N) is 1. The van der Waals surface area contributed by atoms with Crippen LogP contribution in [0.2, 0.25) is 5.02 Å². The zero-order valence-corrected chi connectivity index (χ0v) is 19.9. The second-order valence-electron chi connectivity index (χ2n) is 8.05. The van der Waals surface area contributed by atoms with Gasteiger partial charge in [-0.05, 0) is 60.5 Å². The van der Waals surface area contributed by atoms with Crippen molar-refractivity contribution in [3.8, 4) is 28.1 Å². The number of carbonyl (C=O) groups excluding carboxylic acids is 1. The van der Waals surface area contributed by atoms with Gasteiger partial charge in [-0.2, -0.15) is 5.10 Å². The molecule has 6 nitrogen and oxygen atoms in total. The van der Waals surface area contributed by atoms with E-state index in [4.69, 9.17) is 16.3 Å². The Morgan fingerprint density at radius 2 is 1.66 bits per heavy atom. The topological polar surface area (TPSA) is 68.5 Å². The minimum absolute atomic E-state index is 0.0870. The van der Waals surface area contributed by atoms with E-state index >= 15 is 0 Å². The second-order valence-corrected chi connectivity index (χ2v) is 8.49. The van der Waals surface area contributed by atoms with Crippen LogP contribution in [0.25, 0.3) is 27.9 Å². The van der Waals surface area contributed by atoms with Crippen molar-refractivity contribution in [2.45, 2.75) is 13.3 Å². The van der Waals surface area contributed by atoms with E-state index in [1.54, 1.807) is 18.5 Å². The number of nitrogens with zero attached hydrogens (tertiary/aromatic N) is 3. The molecule has 0 aliphatic rings. The van der Waals surface area contributed by atoms with Gasteiger partial charge in [-0.25, -0.2) is 9.50 Å². The molecule has 0 saturated heterocycles. The molecule has 2 aromatic heterocycles. The number of hydrogen-bond donors (Lipinski definition) is 1. The van der Waals surface area contributed by atoms with Crippen LogP contribution < -0.4 is 10.1 Å². The Bertz CT molecular complexity index is 1460. The van der Waals surface area contributed by atoms with Crippen LogP contribution in [0.5, 0.6) is 5.75 Å². The highest BCUT2D eigenvalue weighted by Crippen LogP contribution is 2.29. The average molecular weight is 483 g/mol. The van der Waals surface area contributed by atoms with Crippen LogP contribution in [0.1, 0.15) is 12.5 Å². The van der Waals surface area contributed by atoms with Crippen LogP contribution in [0.4, 0.5) is 5.69 Å². The molecule has 0 aliphatic heterocycles. The summed E-state index contributed by atoms with van der Waals surface area (Å²) in [6.07, 6.45) is 3.82. The van der Waals surface area contributed by atoms with E-state index in [2.05, 4.69) is 21.5 Å². The Labute approximate surface area is 208 Å². The van der Waals surface area contributed by atoms with Gasteiger partial charge in [0.25, 0.3) is 0 Å². The first-order valence-electron chi connectivity index (χ1n) is 11.3. The summed E-state index contributed by atoms with van der Waals surface area (Å²) in [6, 6.07) is 25.0. The minimum atomic E-state index is -0.0870. The first-order valence-corrected chi connectivity index (χ1v) is 11.7. The molecule has 174 valence electrons. The monoisotopic (exact) mass is 482 g/mol. The first kappa shape index (κ1) is 22.6. The van der Waals surface area contributed by atoms with Crippen molar-refractivity contribution in [3.63, 3.8) is 0 Å². The summed E-state index contributed by atoms with van der Waals surface area (Å²) >= 11 is 5.91. The van der Waals surface area contributed by atoms with E-state index in [1.165, 1.54) is 0 Å². The minimum Gasteiger partial charge on any atom is -0.494 e. The zero-order chi connectivity index (χ0) is 24.2. The van der Waals surface area contributed by atoms with Crippen molar-refractivity contribution in [2.75, 3.05) is 11.9 Å². The number of fused-ring (bicyclic) bond motifs is 1. The lowest BCUT2D eigenvalue weighted by molar-refractivity contribution is -0.115. The molecule has 5 aromatic rings. The predicted octanol–water partition coefficient (Wildman–Crippen LogP) is 6.30. The number of hydrogen-bond acceptors (Lipinski definition) is 4. The van der Waals surface area contributed by atoms with Crippen LogP contribution in [-0.2, 0) is 11.2 Å². The van der Waals surface area contributed by atoms with Gasteiger partial charge in [-0.15, -0.1) is 0 Å². The maximum atomic E-state index is 12.4. The quantitative estimate of drug-likeness (QED) is 0.295. The molecule has 7 heteroatoms. The third-order valence-corrected chi connectivity index (χ3v) is 5.88. The standard InChI is InChI=1S/C28H23ClN4O2/c1-2-35-25-13-7-20(8-14-25)22-16-26-28(30-18-31-33(26)17-22)21-5-11-24(12-6-21)32-27(34)15-19-3-9-23(29)10-4-19/h3-14,16-18H,2,15H2,1H3,(H,32,34). The number of benzene rings is 3. The summed E-state index contributed by atoms with van der Waals surface area (Å²) in [5, 5.41) is 7.97. The fraction of sp³-hybridized carbons (Fsp3) is 0.107. The molecular weight excluding hydrogens is 460 g/mol. The molecule has 1 amide bonds. The number of halogens is 1. The lowest BCUT2D eigenvalue weighted by Gasteiger charge is -2.07. The van der Waals surface area contributed by atoms with Gasteiger partial charge < -0.3 is 10.1 Å². The number of ether oxygens (including phenoxy) is 1. The molecule has 3 aromatic carbocycles. The third kappa shape index (κ3) is 5.18. The van der Waals surface area contributed by atoms with Crippen molar-refractivity contribution in [1.82, 2.24) is 14.6 Å². The number of carbonyl (C=O) groups is 1. The average Bonchev–Trinajstić information content (AvgIpc) is 3.31. The van der Waals surface area contributed by atoms with Gasteiger partial charge in [-0.3, -0.25) is 4.79 Å². The Morgan fingerprint density at radius 3 is 2.37 bits per heavy atom. The Hall–Kier alpha value is -4.16. The van der Waals surface area contributed by atoms with E-state index in [1.807, 2.05) is 78.3 Å². The van der Waals surface area contributed by atoms with Crippen LogP contribution in [0.3, 0.4) is 0 Å². The maximum absolute atomic E-state index is 12.4. The van der Waals surface area contributed by atoms with Crippen LogP contribution in [0.15, 0.2) is 91.4 Å². The lowest BCUT2D eigenvalue weighted by atomic mass is 10.1. The Kier molecular flexibility index (Phi) is 6.46. The molecule has 35 heavy (non-hydrogen) atoms. The van der Waals surface area contributed by atoms with E-state index < -0.39 is 0 Å². The normalized spacial score (nSPS) is 10.9. The lowest BCUT2D eigenvalue weighted by Crippen LogP contribution is -2.14. The molecule has 1 N–H and O–H groups in total. The molecule has 0 aliphatic carbocycles. The smallest absolute Gasteiger partial charge is 0.228 e. The third-order valence-electron chi connectivity index (χ3n) is 5.62. The molecule has 0 unspecified atom stereocenters. The van der Waals surface area contributed by atoms with Crippen molar-refractivity contribution in [1.29, 1.82) is 0 Å². The highest BCUT2D eigenvalue weighted by atomic mass is 35.5. The van der Waals surface area contributed by atoms with Gasteiger partial charge in [0.2, 0.25) is 5.91 Å². The summed E-state index contributed by atoms with van der Waals surface area (Å²) < 4.78 is 7.37. The van der Waals surface area contributed by atoms with Gasteiger partial charge in [0, 0.05) is 28.0 Å². The van der Waals surface area contributed by atoms with E-state index in [-0.39, 0.29) is 12.3 Å². The predicted molar refractivity (Wildman–Crippen MR) is 139 cm³/mol. The Morgan fingerprint density at radius 1 is 0.943 bits per heavy atom. The van der Waals surface area contributed by atoms with E-state index in [9.17, 15) is 4.79 Å². The van der Waals surface area contributed by atoms with Crippen molar-refractivity contribution in [2.24, 2.45) is 0 Å². The zero-order valence-electron chi connectivity index (χ0n) is 19.1. The number of rotatable bonds is 7. The fourth-order valence-electron chi connectivity index (χ4n) is 3.92. The van der Waals surface area contributed by atoms with E-state index in [0.29, 0.717) is 11.6 Å². The molecular formula is C28H23ClN4O2. The Balaban J connectivity index is 1.34. The van der Waals surface area contributed by atoms with Crippen LogP contribution in [-0.4, -0.2) is 27.1 Å². The van der Waals surface area contributed by atoms with Gasteiger partial charge in [0.15, 0.2) is 0 Å². The molecule has 0 saturated carbocycles. The molecule has 0 radical (unpaired) electrons. The van der Waals surface area contributed by atoms with Gasteiger partial charge in [-0.1, -0.05) is 48.0 Å². The highest BCUT2D eigenvalue weighted by molar-refractivity contribution is 6.30. The summed E-state index contributed by atoms with van der Waals surface area (Å²) in [6.45, 7) is 2.61. The largest absolute Gasteiger partial charge is 0.494 e. The fourth-order valence-corrected chi connectivity index (χ4v) is 4.05. The number of anilines is 1. The van der Waals surface area contributed by atoms with Gasteiger partial charge in [0.05, 0.1) is 24.2 Å². The molecule has 0 spiro atoms. The summed E-state index contributed by atoms with van der Waals surface area (Å²) in [5.41, 5.74) is 6.40. The summed E-state index contributed by atoms with van der Waals surface area (Å²) in [5.74, 6) is 0.761. The summed E-state index contributed by atoms with van der Waals surface area (Å²) in [7, 11) is 0. The number of amides is 1. The number of aromatic nitrogens is 3. The molecule has 5 rings (SSSR count). The van der Waals surface area contributed by atoms with Crippen molar-refractivity contribution < 1.29 is 9.53 Å². The highest BCUT2D eigenvalue weighted by Gasteiger charge is 2.11. The molecule has 2 heterocycles. The van der Waals surface area contributed by atoms with Crippen LogP contribution >= 0.6 is 11.6 Å². The van der Waals surface area contributed by atoms with Gasteiger partial charge in [0.1, 0.15) is 12.1 Å². The molecule has 0 bridgehead atoms. The van der Waals surface area contributed by atoms with E-state index in [0.717, 1.165) is 44.9 Å². The van der Waals surface area contributed by atoms with Crippen molar-refractivity contribution in [3.05, 3.63) is 102 Å². The summed E-state index contributed by atoms with van der Waals surface area (Å²) in [4.78, 5) is 16.9.